The van der Waals surface area contributed by atoms with Crippen LogP contribution in [-0.4, -0.2) is 108 Å². The van der Waals surface area contributed by atoms with E-state index in [4.69, 9.17) is 31.7 Å². The number of aromatic nitrogens is 1. The van der Waals surface area contributed by atoms with Gasteiger partial charge in [0, 0.05) is 38.2 Å². The maximum atomic E-state index is 13.9. The molecule has 3 atom stereocenters. The Kier molecular flexibility index (Phi) is 16.1. The van der Waals surface area contributed by atoms with Gasteiger partial charge in [0.2, 0.25) is 17.7 Å². The number of aryl methyl sites for hydroxylation is 1. The molecule has 20 heteroatoms. The van der Waals surface area contributed by atoms with Gasteiger partial charge in [-0.25, -0.2) is 4.98 Å². The summed E-state index contributed by atoms with van der Waals surface area (Å²) < 4.78 is 57.6. The molecule has 0 spiro atoms. The number of likely N-dealkylation sites (tertiary alicyclic amines) is 1. The number of alkyl halides is 3. The lowest BCUT2D eigenvalue weighted by Crippen LogP contribution is -2.58. The standard InChI is InChI=1S/C46H50F3N7O8S2/c1-28-40(66-27-52-28)30-8-6-29(7-9-30)23-51-42(60)37-21-34(57)24-55(37)43(61)41(45(2,3)4)53-38(58)26-63-19-18-62-16-5-17-64-35-14-12-32(13-15-35)54-25-39(59)56(44(54)65)33-11-10-31(22-50)36(20-33)46(47,48)49/h6-15,20,27,34,37,41,57H,5,16-19,21,23-26H2,1-4H3,(H,51,60)(H,53,58)/t34-,37+,41?/m1/s1. The Morgan fingerprint density at radius 1 is 1.00 bits per heavy atom. The molecule has 1 unspecified atom stereocenters. The second-order valence-electron chi connectivity index (χ2n) is 16.7. The molecule has 6 rings (SSSR count). The summed E-state index contributed by atoms with van der Waals surface area (Å²) in [6, 6.07) is 17.1. The van der Waals surface area contributed by atoms with Gasteiger partial charge in [-0.15, -0.1) is 11.3 Å². The van der Waals surface area contributed by atoms with Gasteiger partial charge in [0.25, 0.3) is 5.91 Å². The summed E-state index contributed by atoms with van der Waals surface area (Å²) in [5.41, 5.74) is 2.63. The molecule has 350 valence electrons. The highest BCUT2D eigenvalue weighted by Crippen LogP contribution is 2.36. The first kappa shape index (κ1) is 49.5. The quantitative estimate of drug-likeness (QED) is 0.0811. The Balaban J connectivity index is 0.882. The minimum Gasteiger partial charge on any atom is -0.494 e. The van der Waals surface area contributed by atoms with Crippen molar-refractivity contribution in [2.45, 2.75) is 71.4 Å². The van der Waals surface area contributed by atoms with E-state index in [1.807, 2.05) is 31.2 Å². The smallest absolute Gasteiger partial charge is 0.417 e. The average molecular weight is 950 g/mol. The van der Waals surface area contributed by atoms with Gasteiger partial charge in [-0.2, -0.15) is 18.4 Å². The summed E-state index contributed by atoms with van der Waals surface area (Å²) in [5.74, 6) is -1.41. The summed E-state index contributed by atoms with van der Waals surface area (Å²) in [6.07, 6.45) is -5.10. The molecular formula is C46H50F3N7O8S2. The molecular weight excluding hydrogens is 900 g/mol. The number of β-amino-alcohol motifs (C(OH)–C–C–N with tert-alkyl or cyclic N) is 1. The van der Waals surface area contributed by atoms with Gasteiger partial charge in [0.05, 0.1) is 64.9 Å². The number of anilines is 2. The molecule has 1 aromatic heterocycles. The topological polar surface area (TPSA) is 187 Å². The zero-order chi connectivity index (χ0) is 47.8. The third kappa shape index (κ3) is 12.3. The van der Waals surface area contributed by atoms with Crippen molar-refractivity contribution in [2.75, 3.05) is 55.9 Å². The molecule has 0 radical (unpaired) electrons. The van der Waals surface area contributed by atoms with E-state index in [-0.39, 0.29) is 56.7 Å². The van der Waals surface area contributed by atoms with Crippen LogP contribution >= 0.6 is 23.6 Å². The number of thiazole rings is 1. The number of aliphatic hydroxyl groups excluding tert-OH is 1. The Morgan fingerprint density at radius 2 is 1.70 bits per heavy atom. The van der Waals surface area contributed by atoms with Crippen LogP contribution in [0, 0.1) is 23.7 Å². The Bertz CT molecular complexity index is 2440. The first-order valence-corrected chi connectivity index (χ1v) is 22.3. The number of nitriles is 1. The van der Waals surface area contributed by atoms with Crippen LogP contribution < -0.4 is 25.2 Å². The van der Waals surface area contributed by atoms with Crippen LogP contribution in [0.25, 0.3) is 10.4 Å². The molecule has 66 heavy (non-hydrogen) atoms. The molecule has 2 aliphatic heterocycles. The van der Waals surface area contributed by atoms with Crippen molar-refractivity contribution >= 4 is 63.7 Å². The molecule has 2 fully saturated rings. The van der Waals surface area contributed by atoms with Crippen LogP contribution in [0.5, 0.6) is 5.75 Å². The summed E-state index contributed by atoms with van der Waals surface area (Å²) in [7, 11) is 0. The Morgan fingerprint density at radius 3 is 2.35 bits per heavy atom. The minimum atomic E-state index is -4.79. The Labute approximate surface area is 389 Å². The fraction of sp³-hybridized carbons (Fsp3) is 0.413. The maximum absolute atomic E-state index is 13.9. The monoisotopic (exact) mass is 949 g/mol. The number of benzene rings is 3. The second-order valence-corrected chi connectivity index (χ2v) is 18.0. The van der Waals surface area contributed by atoms with Crippen molar-refractivity contribution in [1.82, 2.24) is 20.5 Å². The SMILES string of the molecule is Cc1ncsc1-c1ccc(CNC(=O)[C@@H]2C[C@@H](O)CN2C(=O)C(NC(=O)COCCOCCCOc2ccc(N3CC(=O)N(c4ccc(C#N)c(C(F)(F)F)c4)C3=S)cc2)C(C)(C)C)cc1. The number of rotatable bonds is 18. The van der Waals surface area contributed by atoms with Crippen molar-refractivity contribution in [2.24, 2.45) is 5.41 Å². The van der Waals surface area contributed by atoms with Crippen molar-refractivity contribution in [3.8, 4) is 22.3 Å². The van der Waals surface area contributed by atoms with Crippen LogP contribution in [0.3, 0.4) is 0 Å². The maximum Gasteiger partial charge on any atom is 0.417 e. The molecule has 0 bridgehead atoms. The largest absolute Gasteiger partial charge is 0.494 e. The molecule has 0 saturated carbocycles. The predicted molar refractivity (Wildman–Crippen MR) is 243 cm³/mol. The number of carbonyl (C=O) groups is 4. The first-order chi connectivity index (χ1) is 31.3. The number of amides is 4. The third-order valence-corrected chi connectivity index (χ3v) is 12.2. The fourth-order valence-corrected chi connectivity index (χ4v) is 8.59. The van der Waals surface area contributed by atoms with E-state index in [0.717, 1.165) is 38.7 Å². The van der Waals surface area contributed by atoms with Crippen LogP contribution in [-0.2, 0) is 41.4 Å². The number of halogens is 3. The van der Waals surface area contributed by atoms with Crippen molar-refractivity contribution < 1.29 is 51.7 Å². The van der Waals surface area contributed by atoms with E-state index in [9.17, 15) is 37.5 Å². The summed E-state index contributed by atoms with van der Waals surface area (Å²) in [4.78, 5) is 62.4. The van der Waals surface area contributed by atoms with Gasteiger partial charge < -0.3 is 39.8 Å². The molecule has 4 aromatic rings. The lowest BCUT2D eigenvalue weighted by Gasteiger charge is -2.35. The van der Waals surface area contributed by atoms with Gasteiger partial charge in [-0.1, -0.05) is 45.0 Å². The van der Waals surface area contributed by atoms with Crippen LogP contribution in [0.1, 0.15) is 56.0 Å². The number of carbonyl (C=O) groups excluding carboxylic acids is 4. The van der Waals surface area contributed by atoms with E-state index in [2.05, 4.69) is 15.6 Å². The average Bonchev–Trinajstić information content (AvgIpc) is 3.98. The number of nitrogens with zero attached hydrogens (tertiary/aromatic N) is 5. The molecule has 3 heterocycles. The molecule has 3 aromatic carbocycles. The summed E-state index contributed by atoms with van der Waals surface area (Å²) in [6.45, 7) is 7.93. The zero-order valence-electron chi connectivity index (χ0n) is 36.7. The van der Waals surface area contributed by atoms with Gasteiger partial charge in [0.1, 0.15) is 31.0 Å². The lowest BCUT2D eigenvalue weighted by atomic mass is 9.85. The molecule has 2 aliphatic rings. The van der Waals surface area contributed by atoms with Crippen molar-refractivity contribution in [3.05, 3.63) is 94.6 Å². The fourth-order valence-electron chi connectivity index (χ4n) is 7.40. The highest BCUT2D eigenvalue weighted by Gasteiger charge is 2.45. The van der Waals surface area contributed by atoms with Gasteiger partial charge >= 0.3 is 6.18 Å². The number of thiocarbonyl (C=S) groups is 1. The number of hydrogen-bond acceptors (Lipinski definition) is 12. The second kappa shape index (κ2) is 21.5. The normalized spacial score (nSPS) is 16.9. The van der Waals surface area contributed by atoms with Gasteiger partial charge in [0.15, 0.2) is 5.11 Å². The van der Waals surface area contributed by atoms with Gasteiger partial charge in [-0.3, -0.25) is 24.1 Å². The van der Waals surface area contributed by atoms with E-state index in [1.165, 1.54) is 21.9 Å². The van der Waals surface area contributed by atoms with Crippen molar-refractivity contribution in [1.29, 1.82) is 5.26 Å². The highest BCUT2D eigenvalue weighted by molar-refractivity contribution is 7.81. The molecule has 2 saturated heterocycles. The number of aliphatic hydroxyl groups is 1. The van der Waals surface area contributed by atoms with Crippen LogP contribution in [0.15, 0.2) is 72.2 Å². The summed E-state index contributed by atoms with van der Waals surface area (Å²) >= 11 is 7.02. The lowest BCUT2D eigenvalue weighted by molar-refractivity contribution is -0.144. The highest BCUT2D eigenvalue weighted by atomic mass is 32.1. The number of nitrogens with one attached hydrogen (secondary N) is 2. The Hall–Kier alpha value is -5.98. The van der Waals surface area contributed by atoms with Crippen LogP contribution in [0.2, 0.25) is 0 Å². The van der Waals surface area contributed by atoms with E-state index >= 15 is 0 Å². The predicted octanol–water partition coefficient (Wildman–Crippen LogP) is 5.76. The van der Waals surface area contributed by atoms with E-state index in [1.54, 1.807) is 61.9 Å². The number of ether oxygens (including phenoxy) is 3. The number of hydrogen-bond donors (Lipinski definition) is 3. The van der Waals surface area contributed by atoms with E-state index in [0.29, 0.717) is 31.1 Å². The van der Waals surface area contributed by atoms with E-state index < -0.39 is 64.5 Å². The molecule has 3 N–H and O–H groups in total. The van der Waals surface area contributed by atoms with Gasteiger partial charge in [-0.05, 0) is 78.1 Å². The first-order valence-electron chi connectivity index (χ1n) is 21.0. The third-order valence-electron chi connectivity index (χ3n) is 10.8. The zero-order valence-corrected chi connectivity index (χ0v) is 38.4. The molecule has 4 amide bonds. The van der Waals surface area contributed by atoms with Crippen molar-refractivity contribution in [3.63, 3.8) is 0 Å². The van der Waals surface area contributed by atoms with Crippen LogP contribution in [0.4, 0.5) is 24.5 Å². The molecule has 0 aliphatic carbocycles. The molecule has 15 nitrogen and oxygen atoms in total. The summed E-state index contributed by atoms with van der Waals surface area (Å²) in [5, 5.41) is 25.3. The minimum absolute atomic E-state index is 0.00913.